The molecular weight excluding hydrogens is 544 g/mol. The van der Waals surface area contributed by atoms with E-state index < -0.39 is 21.8 Å². The molecule has 0 saturated carbocycles. The molecule has 0 aliphatic heterocycles. The zero-order valence-corrected chi connectivity index (χ0v) is 20.5. The fourth-order valence-electron chi connectivity index (χ4n) is 2.59. The number of guanidine groups is 1. The molecule has 31 heavy (non-hydrogen) atoms. The second kappa shape index (κ2) is 11.7. The first kappa shape index (κ1) is 27.2. The van der Waals surface area contributed by atoms with E-state index >= 15 is 0 Å². The number of nitrogens with zero attached hydrogens (tertiary/aromatic N) is 2. The van der Waals surface area contributed by atoms with Crippen molar-refractivity contribution in [2.45, 2.75) is 31.1 Å². The van der Waals surface area contributed by atoms with Crippen molar-refractivity contribution in [3.05, 3.63) is 65.2 Å². The van der Waals surface area contributed by atoms with E-state index in [4.69, 9.17) is 0 Å². The quantitative estimate of drug-likeness (QED) is 0.302. The molecule has 0 bridgehead atoms. The van der Waals surface area contributed by atoms with Gasteiger partial charge in [-0.15, -0.1) is 24.0 Å². The van der Waals surface area contributed by atoms with Crippen molar-refractivity contribution in [3.63, 3.8) is 0 Å². The van der Waals surface area contributed by atoms with E-state index in [1.807, 2.05) is 6.92 Å². The summed E-state index contributed by atoms with van der Waals surface area (Å²) in [6, 6.07) is 11.5. The number of sulfonamides is 1. The molecule has 0 aliphatic rings. The summed E-state index contributed by atoms with van der Waals surface area (Å²) >= 11 is 0. The van der Waals surface area contributed by atoms with Crippen molar-refractivity contribution >= 4 is 40.0 Å². The van der Waals surface area contributed by atoms with Crippen LogP contribution in [0.5, 0.6) is 0 Å². The summed E-state index contributed by atoms with van der Waals surface area (Å²) in [7, 11) is -0.663. The van der Waals surface area contributed by atoms with Gasteiger partial charge in [-0.2, -0.15) is 13.2 Å². The number of aliphatic imine (C=N–C) groups is 1. The van der Waals surface area contributed by atoms with Gasteiger partial charge < -0.3 is 10.6 Å². The Hall–Kier alpha value is -1.86. The number of hydrogen-bond donors (Lipinski definition) is 2. The highest BCUT2D eigenvalue weighted by Crippen LogP contribution is 2.29. The van der Waals surface area contributed by atoms with Crippen LogP contribution in [0.25, 0.3) is 0 Å². The average molecular weight is 570 g/mol. The summed E-state index contributed by atoms with van der Waals surface area (Å²) in [6.45, 7) is 2.82. The van der Waals surface area contributed by atoms with E-state index in [1.54, 1.807) is 24.3 Å². The Morgan fingerprint density at radius 3 is 2.19 bits per heavy atom. The lowest BCUT2D eigenvalue weighted by molar-refractivity contribution is -0.137. The highest BCUT2D eigenvalue weighted by molar-refractivity contribution is 14.0. The molecule has 2 aromatic carbocycles. The van der Waals surface area contributed by atoms with Crippen molar-refractivity contribution in [1.82, 2.24) is 14.9 Å². The number of alkyl halides is 3. The maximum atomic E-state index is 12.7. The first-order valence-corrected chi connectivity index (χ1v) is 10.7. The summed E-state index contributed by atoms with van der Waals surface area (Å²) in [5, 5.41) is 6.11. The van der Waals surface area contributed by atoms with Gasteiger partial charge in [0.15, 0.2) is 5.96 Å². The zero-order valence-electron chi connectivity index (χ0n) is 17.4. The Bertz CT molecular complexity index is 979. The molecule has 11 heteroatoms. The maximum absolute atomic E-state index is 12.7. The van der Waals surface area contributed by atoms with E-state index in [1.165, 1.54) is 26.2 Å². The molecule has 0 atom stereocenters. The fourth-order valence-corrected chi connectivity index (χ4v) is 3.70. The first-order chi connectivity index (χ1) is 14.1. The highest BCUT2D eigenvalue weighted by atomic mass is 127. The van der Waals surface area contributed by atoms with Crippen molar-refractivity contribution in [2.24, 2.45) is 4.99 Å². The Morgan fingerprint density at radius 1 is 1.03 bits per heavy atom. The van der Waals surface area contributed by atoms with Crippen molar-refractivity contribution in [3.8, 4) is 0 Å². The van der Waals surface area contributed by atoms with E-state index in [2.05, 4.69) is 15.6 Å². The minimum Gasteiger partial charge on any atom is -0.357 e. The van der Waals surface area contributed by atoms with Crippen LogP contribution in [0.2, 0.25) is 0 Å². The standard InChI is InChI=1S/C20H25F3N4O2S.HI/c1-4-24-19(25-13-15-9-11-17(12-10-15)20(21,22)23)26-14-16-7-5-6-8-18(16)30(28,29)27(2)3;/h5-12H,4,13-14H2,1-3H3,(H2,24,25,26);1H. The lowest BCUT2D eigenvalue weighted by Gasteiger charge is -2.17. The number of nitrogens with one attached hydrogen (secondary N) is 2. The van der Waals surface area contributed by atoms with Gasteiger partial charge in [0.2, 0.25) is 10.0 Å². The third kappa shape index (κ3) is 7.65. The second-order valence-corrected chi connectivity index (χ2v) is 8.76. The van der Waals surface area contributed by atoms with Crippen molar-refractivity contribution in [2.75, 3.05) is 20.6 Å². The molecule has 2 aromatic rings. The molecule has 0 saturated heterocycles. The van der Waals surface area contributed by atoms with Gasteiger partial charge in [0.1, 0.15) is 0 Å². The summed E-state index contributed by atoms with van der Waals surface area (Å²) in [6.07, 6.45) is -4.38. The van der Waals surface area contributed by atoms with E-state index in [9.17, 15) is 21.6 Å². The topological polar surface area (TPSA) is 73.8 Å². The molecular formula is C20H26F3IN4O2S. The minimum absolute atomic E-state index is 0. The van der Waals surface area contributed by atoms with Crippen LogP contribution < -0.4 is 10.6 Å². The van der Waals surface area contributed by atoms with Crippen LogP contribution in [0.15, 0.2) is 58.4 Å². The molecule has 6 nitrogen and oxygen atoms in total. The molecule has 0 fully saturated rings. The third-order valence-electron chi connectivity index (χ3n) is 4.22. The fraction of sp³-hybridized carbons (Fsp3) is 0.350. The Morgan fingerprint density at radius 2 is 1.65 bits per heavy atom. The molecule has 2 rings (SSSR count). The summed E-state index contributed by atoms with van der Waals surface area (Å²) in [5.41, 5.74) is 0.487. The predicted octanol–water partition coefficient (Wildman–Crippen LogP) is 3.83. The molecule has 0 aliphatic carbocycles. The summed E-state index contributed by atoms with van der Waals surface area (Å²) in [5.74, 6) is 0.425. The van der Waals surface area contributed by atoms with Gasteiger partial charge in [0.05, 0.1) is 17.0 Å². The Kier molecular flexibility index (Phi) is 10.2. The molecule has 0 spiro atoms. The molecule has 172 valence electrons. The third-order valence-corrected chi connectivity index (χ3v) is 6.14. The number of benzene rings is 2. The normalized spacial score (nSPS) is 12.4. The maximum Gasteiger partial charge on any atom is 0.416 e. The van der Waals surface area contributed by atoms with Gasteiger partial charge in [0, 0.05) is 27.2 Å². The molecule has 0 unspecified atom stereocenters. The van der Waals surface area contributed by atoms with Crippen molar-refractivity contribution in [1.29, 1.82) is 0 Å². The van der Waals surface area contributed by atoms with Gasteiger partial charge in [-0.25, -0.2) is 17.7 Å². The van der Waals surface area contributed by atoms with E-state index in [0.717, 1.165) is 16.4 Å². The van der Waals surface area contributed by atoms with Crippen molar-refractivity contribution < 1.29 is 21.6 Å². The SMILES string of the molecule is CCNC(=NCc1ccc(C(F)(F)F)cc1)NCc1ccccc1S(=O)(=O)N(C)C.I. The molecule has 0 amide bonds. The largest absolute Gasteiger partial charge is 0.416 e. The highest BCUT2D eigenvalue weighted by Gasteiger charge is 2.29. The smallest absolute Gasteiger partial charge is 0.357 e. The number of rotatable bonds is 7. The predicted molar refractivity (Wildman–Crippen MR) is 126 cm³/mol. The van der Waals surface area contributed by atoms with Crippen LogP contribution in [-0.2, 0) is 29.3 Å². The first-order valence-electron chi connectivity index (χ1n) is 9.24. The Balaban J connectivity index is 0.00000480. The molecule has 2 N–H and O–H groups in total. The minimum atomic E-state index is -4.38. The summed E-state index contributed by atoms with van der Waals surface area (Å²) in [4.78, 5) is 4.57. The van der Waals surface area contributed by atoms with E-state index in [-0.39, 0.29) is 42.0 Å². The van der Waals surface area contributed by atoms with Crippen LogP contribution in [0, 0.1) is 0 Å². The van der Waals surface area contributed by atoms with Gasteiger partial charge in [-0.05, 0) is 36.2 Å². The number of hydrogen-bond acceptors (Lipinski definition) is 3. The average Bonchev–Trinajstić information content (AvgIpc) is 2.69. The lowest BCUT2D eigenvalue weighted by Crippen LogP contribution is -2.37. The van der Waals surface area contributed by atoms with Gasteiger partial charge in [0.25, 0.3) is 0 Å². The van der Waals surface area contributed by atoms with Crippen LogP contribution in [-0.4, -0.2) is 39.3 Å². The summed E-state index contributed by atoms with van der Waals surface area (Å²) < 4.78 is 64.2. The Labute approximate surface area is 198 Å². The van der Waals surface area contributed by atoms with Gasteiger partial charge >= 0.3 is 6.18 Å². The molecule has 0 heterocycles. The van der Waals surface area contributed by atoms with Crippen LogP contribution >= 0.6 is 24.0 Å². The molecule has 0 radical (unpaired) electrons. The van der Waals surface area contributed by atoms with Gasteiger partial charge in [-0.3, -0.25) is 0 Å². The number of halogens is 4. The lowest BCUT2D eigenvalue weighted by atomic mass is 10.1. The van der Waals surface area contributed by atoms with Crippen LogP contribution in [0.3, 0.4) is 0 Å². The monoisotopic (exact) mass is 570 g/mol. The second-order valence-electron chi connectivity index (χ2n) is 6.64. The van der Waals surface area contributed by atoms with Crippen LogP contribution in [0.4, 0.5) is 13.2 Å². The van der Waals surface area contributed by atoms with Gasteiger partial charge in [-0.1, -0.05) is 30.3 Å². The van der Waals surface area contributed by atoms with Crippen LogP contribution in [0.1, 0.15) is 23.6 Å². The zero-order chi connectivity index (χ0) is 22.4. The van der Waals surface area contributed by atoms with E-state index in [0.29, 0.717) is 23.6 Å². The molecule has 0 aromatic heterocycles.